The Morgan fingerprint density at radius 3 is 2.58 bits per heavy atom. The number of pyridine rings is 1. The molecular weight excluding hydrogens is 475 g/mol. The van der Waals surface area contributed by atoms with Crippen molar-refractivity contribution in [1.82, 2.24) is 24.9 Å². The molecule has 36 heavy (non-hydrogen) atoms. The van der Waals surface area contributed by atoms with Crippen molar-refractivity contribution in [2.75, 3.05) is 6.61 Å². The summed E-state index contributed by atoms with van der Waals surface area (Å²) in [4.78, 5) is 15.1. The third-order valence-corrected chi connectivity index (χ3v) is 7.59. The van der Waals surface area contributed by atoms with E-state index in [1.165, 1.54) is 6.20 Å². The van der Waals surface area contributed by atoms with Gasteiger partial charge in [-0.1, -0.05) is 5.16 Å². The van der Waals surface area contributed by atoms with Crippen molar-refractivity contribution in [3.8, 4) is 33.6 Å². The van der Waals surface area contributed by atoms with E-state index in [1.54, 1.807) is 10.8 Å². The zero-order valence-corrected chi connectivity index (χ0v) is 20.0. The third-order valence-electron chi connectivity index (χ3n) is 7.59. The number of aromatic nitrogens is 5. The maximum absolute atomic E-state index is 16.3. The van der Waals surface area contributed by atoms with Gasteiger partial charge in [-0.05, 0) is 45.6 Å². The van der Waals surface area contributed by atoms with Crippen LogP contribution in [-0.4, -0.2) is 42.8 Å². The molecule has 3 aliphatic heterocycles. The molecule has 0 radical (unpaired) electrons. The molecular formula is C25H26F3N5O3. The summed E-state index contributed by atoms with van der Waals surface area (Å²) in [7, 11) is 0. The van der Waals surface area contributed by atoms with E-state index >= 15 is 4.39 Å². The zero-order chi connectivity index (χ0) is 25.1. The third kappa shape index (κ3) is 3.81. The minimum absolute atomic E-state index is 0.0399. The monoisotopic (exact) mass is 501 g/mol. The van der Waals surface area contributed by atoms with Crippen molar-refractivity contribution >= 4 is 0 Å². The molecule has 1 saturated heterocycles. The SMILES string of the molecule is Cc1noc(C)c1-c1cc2ncc(-c3cn[nH]c3C(F)F)c-2n(CC2(F)CCC3(CCOO3)CC2)c1. The van der Waals surface area contributed by atoms with Crippen LogP contribution in [0.2, 0.25) is 0 Å². The first-order valence-electron chi connectivity index (χ1n) is 12.0. The maximum atomic E-state index is 16.3. The van der Waals surface area contributed by atoms with Gasteiger partial charge in [-0.2, -0.15) is 5.10 Å². The normalized spacial score (nSPS) is 24.5. The van der Waals surface area contributed by atoms with Gasteiger partial charge in [0.2, 0.25) is 0 Å². The largest absolute Gasteiger partial charge is 0.361 e. The summed E-state index contributed by atoms with van der Waals surface area (Å²) in [5.41, 5.74) is 1.92. The van der Waals surface area contributed by atoms with Gasteiger partial charge < -0.3 is 9.09 Å². The molecule has 5 heterocycles. The molecule has 1 saturated carbocycles. The van der Waals surface area contributed by atoms with Crippen molar-refractivity contribution in [3.63, 3.8) is 0 Å². The molecule has 0 aromatic carbocycles. The highest BCUT2D eigenvalue weighted by atomic mass is 19.3. The number of rotatable bonds is 5. The van der Waals surface area contributed by atoms with E-state index in [2.05, 4.69) is 20.3 Å². The summed E-state index contributed by atoms with van der Waals surface area (Å²) in [6.07, 6.45) is 4.48. The highest BCUT2D eigenvalue weighted by Crippen LogP contribution is 2.46. The van der Waals surface area contributed by atoms with E-state index in [0.717, 1.165) is 17.5 Å². The van der Waals surface area contributed by atoms with E-state index in [9.17, 15) is 8.78 Å². The zero-order valence-electron chi connectivity index (χ0n) is 20.0. The van der Waals surface area contributed by atoms with Crippen molar-refractivity contribution in [1.29, 1.82) is 0 Å². The van der Waals surface area contributed by atoms with Crippen molar-refractivity contribution < 1.29 is 27.5 Å². The number of alkyl halides is 3. The molecule has 1 spiro atoms. The van der Waals surface area contributed by atoms with Crippen LogP contribution in [0.15, 0.2) is 29.2 Å². The van der Waals surface area contributed by atoms with Gasteiger partial charge in [-0.3, -0.25) is 10.1 Å². The average Bonchev–Trinajstić information content (AvgIpc) is 3.63. The number of aryl methyl sites for hydroxylation is 2. The van der Waals surface area contributed by atoms with Gasteiger partial charge in [0.15, 0.2) is 0 Å². The smallest absolute Gasteiger partial charge is 0.280 e. The molecule has 0 bridgehead atoms. The Morgan fingerprint density at radius 1 is 1.11 bits per heavy atom. The van der Waals surface area contributed by atoms with Crippen LogP contribution in [0.1, 0.15) is 55.7 Å². The molecule has 190 valence electrons. The molecule has 0 unspecified atom stereocenters. The van der Waals surface area contributed by atoms with Crippen LogP contribution in [0.3, 0.4) is 0 Å². The fourth-order valence-electron chi connectivity index (χ4n) is 5.64. The van der Waals surface area contributed by atoms with E-state index in [-0.39, 0.29) is 17.8 Å². The molecule has 0 amide bonds. The van der Waals surface area contributed by atoms with Crippen LogP contribution in [0.5, 0.6) is 0 Å². The number of H-pyrrole nitrogens is 1. The molecule has 2 aromatic heterocycles. The van der Waals surface area contributed by atoms with Crippen LogP contribution in [0.25, 0.3) is 33.6 Å². The number of fused-ring (bicyclic) bond motifs is 1. The first-order chi connectivity index (χ1) is 17.3. The maximum Gasteiger partial charge on any atom is 0.280 e. The molecule has 0 atom stereocenters. The van der Waals surface area contributed by atoms with Crippen LogP contribution in [0, 0.1) is 13.8 Å². The fraction of sp³-hybridized carbons (Fsp3) is 0.480. The molecule has 8 nitrogen and oxygen atoms in total. The first kappa shape index (κ1) is 23.2. The minimum Gasteiger partial charge on any atom is -0.361 e. The van der Waals surface area contributed by atoms with E-state index in [1.807, 2.05) is 26.1 Å². The van der Waals surface area contributed by atoms with Crippen molar-refractivity contribution in [3.05, 3.63) is 41.8 Å². The second-order valence-electron chi connectivity index (χ2n) is 9.95. The molecule has 11 heteroatoms. The van der Waals surface area contributed by atoms with Gasteiger partial charge >= 0.3 is 0 Å². The first-order valence-corrected chi connectivity index (χ1v) is 12.0. The topological polar surface area (TPSA) is 91.0 Å². The van der Waals surface area contributed by atoms with Gasteiger partial charge in [0.25, 0.3) is 6.43 Å². The van der Waals surface area contributed by atoms with Crippen LogP contribution < -0.4 is 0 Å². The highest BCUT2D eigenvalue weighted by Gasteiger charge is 2.47. The van der Waals surface area contributed by atoms with Crippen LogP contribution in [-0.2, 0) is 16.3 Å². The van der Waals surface area contributed by atoms with Gasteiger partial charge in [0.1, 0.15) is 22.7 Å². The minimum atomic E-state index is -2.74. The second-order valence-corrected chi connectivity index (χ2v) is 9.95. The number of halogens is 3. The Bertz CT molecular complexity index is 1340. The molecule has 2 fully saturated rings. The summed E-state index contributed by atoms with van der Waals surface area (Å²) in [6, 6.07) is 1.86. The lowest BCUT2D eigenvalue weighted by atomic mass is 9.75. The van der Waals surface area contributed by atoms with Gasteiger partial charge in [0, 0.05) is 41.1 Å². The van der Waals surface area contributed by atoms with Crippen LogP contribution in [0.4, 0.5) is 13.2 Å². The van der Waals surface area contributed by atoms with E-state index in [4.69, 9.17) is 14.3 Å². The van der Waals surface area contributed by atoms with Crippen LogP contribution >= 0.6 is 0 Å². The molecule has 1 aliphatic carbocycles. The summed E-state index contributed by atoms with van der Waals surface area (Å²) in [6.45, 7) is 4.21. The fourth-order valence-corrected chi connectivity index (χ4v) is 5.64. The summed E-state index contributed by atoms with van der Waals surface area (Å²) < 4.78 is 50.8. The Balaban J connectivity index is 1.45. The number of nitrogens with zero attached hydrogens (tertiary/aromatic N) is 4. The van der Waals surface area contributed by atoms with Gasteiger partial charge in [0.05, 0.1) is 36.4 Å². The Labute approximate surface area is 205 Å². The van der Waals surface area contributed by atoms with E-state index in [0.29, 0.717) is 60.7 Å². The number of hydrogen-bond acceptors (Lipinski definition) is 6. The van der Waals surface area contributed by atoms with Crippen molar-refractivity contribution in [2.24, 2.45) is 0 Å². The second kappa shape index (κ2) is 8.45. The summed E-state index contributed by atoms with van der Waals surface area (Å²) in [5, 5.41) is 10.3. The number of nitrogens with one attached hydrogen (secondary N) is 1. The molecule has 1 N–H and O–H groups in total. The summed E-state index contributed by atoms with van der Waals surface area (Å²) >= 11 is 0. The molecule has 4 aliphatic rings. The Morgan fingerprint density at radius 2 is 1.92 bits per heavy atom. The predicted octanol–water partition coefficient (Wildman–Crippen LogP) is 5.96. The van der Waals surface area contributed by atoms with Gasteiger partial charge in [-0.15, -0.1) is 0 Å². The van der Waals surface area contributed by atoms with Gasteiger partial charge in [-0.25, -0.2) is 22.9 Å². The summed E-state index contributed by atoms with van der Waals surface area (Å²) in [5.74, 6) is 0.632. The lowest BCUT2D eigenvalue weighted by molar-refractivity contribution is -0.318. The Hall–Kier alpha value is -3.18. The quantitative estimate of drug-likeness (QED) is 0.339. The average molecular weight is 502 g/mol. The lowest BCUT2D eigenvalue weighted by Gasteiger charge is -2.39. The van der Waals surface area contributed by atoms with Crippen molar-refractivity contribution in [2.45, 2.75) is 70.2 Å². The number of hydrogen-bond donors (Lipinski definition) is 1. The number of aromatic amines is 1. The molecule has 2 aromatic rings. The highest BCUT2D eigenvalue weighted by molar-refractivity contribution is 5.85. The Kier molecular flexibility index (Phi) is 5.45. The lowest BCUT2D eigenvalue weighted by Crippen LogP contribution is -2.42. The predicted molar refractivity (Wildman–Crippen MR) is 123 cm³/mol. The van der Waals surface area contributed by atoms with E-state index < -0.39 is 17.7 Å². The standard InChI is InChI=1S/C25H26F3N5O3/c1-14-20(15(2)35-32-14)16-9-19-22(18(10-29-19)17-11-30-31-21(17)23(26)27)33(12-16)13-24(28)3-5-25(6-4-24)7-8-34-36-25/h9-12,23H,3-8,13H2,1-2H3,(H,30,31). The molecule has 6 rings (SSSR count).